The van der Waals surface area contributed by atoms with Gasteiger partial charge in [0.15, 0.2) is 0 Å². The molecule has 0 unspecified atom stereocenters. The Hall–Kier alpha value is -1.51. The summed E-state index contributed by atoms with van der Waals surface area (Å²) in [5.74, 6) is 1.46. The summed E-state index contributed by atoms with van der Waals surface area (Å²) >= 11 is 0. The number of hydrogen-bond acceptors (Lipinski definition) is 2. The molecule has 0 saturated carbocycles. The number of hydrogen-bond donors (Lipinski definition) is 1. The zero-order valence-corrected chi connectivity index (χ0v) is 12.2. The van der Waals surface area contributed by atoms with Gasteiger partial charge in [-0.3, -0.25) is 4.79 Å². The van der Waals surface area contributed by atoms with E-state index in [4.69, 9.17) is 4.74 Å². The van der Waals surface area contributed by atoms with Crippen molar-refractivity contribution in [2.45, 2.75) is 40.0 Å². The number of unbranched alkanes of at least 4 members (excludes halogenated alkanes) is 1. The van der Waals surface area contributed by atoms with Crippen LogP contribution in [0.1, 0.15) is 50.4 Å². The van der Waals surface area contributed by atoms with E-state index in [9.17, 15) is 4.79 Å². The Morgan fingerprint density at radius 2 is 1.95 bits per heavy atom. The van der Waals surface area contributed by atoms with E-state index < -0.39 is 0 Å². The first kappa shape index (κ1) is 15.5. The Balaban J connectivity index is 2.40. The van der Waals surface area contributed by atoms with Crippen molar-refractivity contribution in [2.24, 2.45) is 5.92 Å². The van der Waals surface area contributed by atoms with Gasteiger partial charge in [0.1, 0.15) is 5.75 Å². The van der Waals surface area contributed by atoms with Crippen molar-refractivity contribution in [1.82, 2.24) is 5.32 Å². The van der Waals surface area contributed by atoms with Gasteiger partial charge in [0, 0.05) is 12.1 Å². The van der Waals surface area contributed by atoms with Crippen LogP contribution in [-0.2, 0) is 0 Å². The average molecular weight is 263 g/mol. The summed E-state index contributed by atoms with van der Waals surface area (Å²) in [6.45, 7) is 7.91. The van der Waals surface area contributed by atoms with E-state index in [1.807, 2.05) is 24.3 Å². The highest BCUT2D eigenvalue weighted by Gasteiger charge is 2.04. The second-order valence-corrected chi connectivity index (χ2v) is 5.16. The molecule has 19 heavy (non-hydrogen) atoms. The van der Waals surface area contributed by atoms with Crippen LogP contribution in [0, 0.1) is 5.92 Å². The molecule has 1 aromatic carbocycles. The number of carbonyl (C=O) groups is 1. The third kappa shape index (κ3) is 6.27. The Labute approximate surface area is 116 Å². The number of amides is 1. The molecule has 0 aromatic heterocycles. The number of carbonyl (C=O) groups excluding carboxylic acids is 1. The number of ether oxygens (including phenoxy) is 1. The lowest BCUT2D eigenvalue weighted by Crippen LogP contribution is -2.24. The van der Waals surface area contributed by atoms with Gasteiger partial charge >= 0.3 is 0 Å². The second kappa shape index (κ2) is 8.57. The maximum absolute atomic E-state index is 11.8. The van der Waals surface area contributed by atoms with E-state index in [2.05, 4.69) is 26.1 Å². The van der Waals surface area contributed by atoms with Crippen LogP contribution >= 0.6 is 0 Å². The highest BCUT2D eigenvalue weighted by atomic mass is 16.5. The molecule has 3 heteroatoms. The Morgan fingerprint density at radius 1 is 1.26 bits per heavy atom. The molecule has 3 nitrogen and oxygen atoms in total. The van der Waals surface area contributed by atoms with Crippen LogP contribution in [-0.4, -0.2) is 19.1 Å². The van der Waals surface area contributed by atoms with Crippen molar-refractivity contribution in [2.75, 3.05) is 13.2 Å². The predicted octanol–water partition coefficient (Wildman–Crippen LogP) is 3.64. The van der Waals surface area contributed by atoms with Crippen LogP contribution in [0.3, 0.4) is 0 Å². The van der Waals surface area contributed by atoms with Crippen LogP contribution in [0.5, 0.6) is 5.75 Å². The summed E-state index contributed by atoms with van der Waals surface area (Å²) < 4.78 is 5.62. The summed E-state index contributed by atoms with van der Waals surface area (Å²) in [6, 6.07) is 7.34. The molecule has 1 amide bonds. The average Bonchev–Trinajstić information content (AvgIpc) is 2.39. The van der Waals surface area contributed by atoms with E-state index in [1.165, 1.54) is 0 Å². The Morgan fingerprint density at radius 3 is 2.53 bits per heavy atom. The van der Waals surface area contributed by atoms with Crippen LogP contribution < -0.4 is 10.1 Å². The standard InChI is InChI=1S/C16H25NO2/c1-4-5-11-17-16(18)14-6-8-15(9-7-14)19-12-10-13(2)3/h6-9,13H,4-5,10-12H2,1-3H3,(H,17,18). The molecule has 1 rings (SSSR count). The van der Waals surface area contributed by atoms with Gasteiger partial charge in [-0.2, -0.15) is 0 Å². The smallest absolute Gasteiger partial charge is 0.251 e. The lowest BCUT2D eigenvalue weighted by atomic mass is 10.1. The third-order valence-electron chi connectivity index (χ3n) is 2.90. The maximum atomic E-state index is 11.8. The first-order valence-electron chi connectivity index (χ1n) is 7.14. The van der Waals surface area contributed by atoms with E-state index in [0.717, 1.165) is 38.2 Å². The fourth-order valence-electron chi connectivity index (χ4n) is 1.60. The Bertz CT molecular complexity index is 371. The van der Waals surface area contributed by atoms with Crippen molar-refractivity contribution in [1.29, 1.82) is 0 Å². The van der Waals surface area contributed by atoms with Crippen molar-refractivity contribution in [3.8, 4) is 5.75 Å². The first-order chi connectivity index (χ1) is 9.13. The fourth-order valence-corrected chi connectivity index (χ4v) is 1.60. The van der Waals surface area contributed by atoms with Gasteiger partial charge in [0.25, 0.3) is 5.91 Å². The van der Waals surface area contributed by atoms with Gasteiger partial charge in [-0.05, 0) is 43.0 Å². The van der Waals surface area contributed by atoms with Crippen LogP contribution in [0.4, 0.5) is 0 Å². The van der Waals surface area contributed by atoms with Gasteiger partial charge < -0.3 is 10.1 Å². The van der Waals surface area contributed by atoms with Crippen molar-refractivity contribution in [3.63, 3.8) is 0 Å². The van der Waals surface area contributed by atoms with Gasteiger partial charge in [0.05, 0.1) is 6.61 Å². The van der Waals surface area contributed by atoms with E-state index in [0.29, 0.717) is 11.5 Å². The second-order valence-electron chi connectivity index (χ2n) is 5.16. The highest BCUT2D eigenvalue weighted by Crippen LogP contribution is 2.13. The van der Waals surface area contributed by atoms with Gasteiger partial charge in [-0.1, -0.05) is 27.2 Å². The molecule has 0 aliphatic carbocycles. The first-order valence-corrected chi connectivity index (χ1v) is 7.14. The maximum Gasteiger partial charge on any atom is 0.251 e. The van der Waals surface area contributed by atoms with E-state index >= 15 is 0 Å². The quantitative estimate of drug-likeness (QED) is 0.727. The fraction of sp³-hybridized carbons (Fsp3) is 0.562. The van der Waals surface area contributed by atoms with Crippen molar-refractivity contribution in [3.05, 3.63) is 29.8 Å². The lowest BCUT2D eigenvalue weighted by molar-refractivity contribution is 0.0953. The molecule has 1 N–H and O–H groups in total. The molecule has 0 aliphatic heterocycles. The van der Waals surface area contributed by atoms with Crippen LogP contribution in [0.2, 0.25) is 0 Å². The van der Waals surface area contributed by atoms with Gasteiger partial charge in [0.2, 0.25) is 0 Å². The Kier molecular flexibility index (Phi) is 7.01. The lowest BCUT2D eigenvalue weighted by Gasteiger charge is -2.09. The summed E-state index contributed by atoms with van der Waals surface area (Å²) in [5, 5.41) is 2.90. The van der Waals surface area contributed by atoms with Crippen molar-refractivity contribution >= 4 is 5.91 Å². The zero-order valence-electron chi connectivity index (χ0n) is 12.2. The number of nitrogens with one attached hydrogen (secondary N) is 1. The molecule has 0 spiro atoms. The summed E-state index contributed by atoms with van der Waals surface area (Å²) in [5.41, 5.74) is 0.687. The van der Waals surface area contributed by atoms with Crippen LogP contribution in [0.25, 0.3) is 0 Å². The molecule has 0 atom stereocenters. The number of benzene rings is 1. The minimum Gasteiger partial charge on any atom is -0.494 e. The van der Waals surface area contributed by atoms with Gasteiger partial charge in [-0.25, -0.2) is 0 Å². The molecule has 0 heterocycles. The largest absolute Gasteiger partial charge is 0.494 e. The molecule has 0 saturated heterocycles. The van der Waals surface area contributed by atoms with E-state index in [-0.39, 0.29) is 5.91 Å². The molecule has 106 valence electrons. The monoisotopic (exact) mass is 263 g/mol. The predicted molar refractivity (Wildman–Crippen MR) is 78.6 cm³/mol. The molecule has 0 bridgehead atoms. The minimum absolute atomic E-state index is 0.0119. The molecular formula is C16H25NO2. The topological polar surface area (TPSA) is 38.3 Å². The molecule has 1 aromatic rings. The molecule has 0 radical (unpaired) electrons. The van der Waals surface area contributed by atoms with Crippen LogP contribution in [0.15, 0.2) is 24.3 Å². The molecule has 0 aliphatic rings. The normalized spacial score (nSPS) is 10.5. The number of rotatable bonds is 8. The van der Waals surface area contributed by atoms with Crippen molar-refractivity contribution < 1.29 is 9.53 Å². The summed E-state index contributed by atoms with van der Waals surface area (Å²) in [6.07, 6.45) is 3.14. The molecular weight excluding hydrogens is 238 g/mol. The van der Waals surface area contributed by atoms with Gasteiger partial charge in [-0.15, -0.1) is 0 Å². The summed E-state index contributed by atoms with van der Waals surface area (Å²) in [4.78, 5) is 11.8. The van der Waals surface area contributed by atoms with E-state index in [1.54, 1.807) is 0 Å². The minimum atomic E-state index is -0.0119. The SMILES string of the molecule is CCCCNC(=O)c1ccc(OCCC(C)C)cc1. The third-order valence-corrected chi connectivity index (χ3v) is 2.90. The zero-order chi connectivity index (χ0) is 14.1. The summed E-state index contributed by atoms with van der Waals surface area (Å²) in [7, 11) is 0. The highest BCUT2D eigenvalue weighted by molar-refractivity contribution is 5.94. The molecule has 0 fully saturated rings.